The van der Waals surface area contributed by atoms with Crippen LogP contribution in [-0.4, -0.2) is 38.3 Å². The van der Waals surface area contributed by atoms with Crippen molar-refractivity contribution in [3.05, 3.63) is 48.5 Å². The number of anilines is 2. The molecule has 1 fully saturated rings. The van der Waals surface area contributed by atoms with E-state index in [9.17, 15) is 4.39 Å². The number of rotatable bonds is 3. The standard InChI is InChI=1S/C16H18FN3O/c1-21-15-4-2-3-13(11-15)19-7-9-20(10-8-19)14-5-6-18-16(17)12-14/h2-6,11-12H,7-10H2,1H3. The van der Waals surface area contributed by atoms with Gasteiger partial charge in [0.15, 0.2) is 0 Å². The van der Waals surface area contributed by atoms with Gasteiger partial charge in [-0.15, -0.1) is 0 Å². The fourth-order valence-electron chi connectivity index (χ4n) is 2.62. The van der Waals surface area contributed by atoms with E-state index in [4.69, 9.17) is 4.74 Å². The van der Waals surface area contributed by atoms with Gasteiger partial charge in [0.25, 0.3) is 0 Å². The fraction of sp³-hybridized carbons (Fsp3) is 0.312. The van der Waals surface area contributed by atoms with Crippen LogP contribution < -0.4 is 14.5 Å². The molecule has 2 aromatic rings. The van der Waals surface area contributed by atoms with E-state index in [-0.39, 0.29) is 0 Å². The Bertz CT molecular complexity index is 612. The molecule has 2 heterocycles. The topological polar surface area (TPSA) is 28.6 Å². The van der Waals surface area contributed by atoms with Gasteiger partial charge in [-0.05, 0) is 18.2 Å². The quantitative estimate of drug-likeness (QED) is 0.811. The maximum Gasteiger partial charge on any atom is 0.214 e. The normalized spacial score (nSPS) is 15.1. The Hall–Kier alpha value is -2.30. The van der Waals surface area contributed by atoms with Crippen molar-refractivity contribution in [3.63, 3.8) is 0 Å². The minimum absolute atomic E-state index is 0.428. The van der Waals surface area contributed by atoms with Crippen molar-refractivity contribution >= 4 is 11.4 Å². The molecule has 0 bridgehead atoms. The molecule has 5 heteroatoms. The highest BCUT2D eigenvalue weighted by Crippen LogP contribution is 2.23. The van der Waals surface area contributed by atoms with Crippen molar-refractivity contribution in [2.24, 2.45) is 0 Å². The molecule has 1 saturated heterocycles. The van der Waals surface area contributed by atoms with E-state index in [0.717, 1.165) is 43.3 Å². The summed E-state index contributed by atoms with van der Waals surface area (Å²) in [5.74, 6) is 0.439. The van der Waals surface area contributed by atoms with Gasteiger partial charge in [0.1, 0.15) is 5.75 Å². The first-order chi connectivity index (χ1) is 10.3. The Morgan fingerprint density at radius 1 is 1.00 bits per heavy atom. The molecule has 1 aromatic carbocycles. The third kappa shape index (κ3) is 3.07. The first kappa shape index (κ1) is 13.7. The van der Waals surface area contributed by atoms with Gasteiger partial charge in [-0.1, -0.05) is 6.07 Å². The number of methoxy groups -OCH3 is 1. The lowest BCUT2D eigenvalue weighted by molar-refractivity contribution is 0.414. The van der Waals surface area contributed by atoms with Crippen LogP contribution in [0.15, 0.2) is 42.6 Å². The molecule has 0 atom stereocenters. The zero-order valence-corrected chi connectivity index (χ0v) is 12.0. The first-order valence-electron chi connectivity index (χ1n) is 7.02. The molecule has 1 aliphatic heterocycles. The van der Waals surface area contributed by atoms with Crippen LogP contribution in [0.2, 0.25) is 0 Å². The zero-order chi connectivity index (χ0) is 14.7. The van der Waals surface area contributed by atoms with Gasteiger partial charge < -0.3 is 14.5 Å². The molecule has 0 spiro atoms. The minimum Gasteiger partial charge on any atom is -0.497 e. The van der Waals surface area contributed by atoms with Gasteiger partial charge in [-0.3, -0.25) is 0 Å². The van der Waals surface area contributed by atoms with Crippen molar-refractivity contribution < 1.29 is 9.13 Å². The predicted octanol–water partition coefficient (Wildman–Crippen LogP) is 2.56. The molecule has 0 amide bonds. The number of halogens is 1. The molecule has 1 aliphatic rings. The van der Waals surface area contributed by atoms with Crippen LogP contribution in [0.5, 0.6) is 5.75 Å². The zero-order valence-electron chi connectivity index (χ0n) is 12.0. The summed E-state index contributed by atoms with van der Waals surface area (Å²) in [4.78, 5) is 8.10. The highest BCUT2D eigenvalue weighted by molar-refractivity contribution is 5.53. The van der Waals surface area contributed by atoms with Crippen molar-refractivity contribution in [3.8, 4) is 5.75 Å². The maximum absolute atomic E-state index is 13.2. The Morgan fingerprint density at radius 2 is 1.67 bits per heavy atom. The van der Waals surface area contributed by atoms with Crippen LogP contribution in [0.4, 0.5) is 15.8 Å². The Balaban J connectivity index is 1.67. The summed E-state index contributed by atoms with van der Waals surface area (Å²) in [5, 5.41) is 0. The van der Waals surface area contributed by atoms with Crippen LogP contribution >= 0.6 is 0 Å². The van der Waals surface area contributed by atoms with Crippen LogP contribution in [0.3, 0.4) is 0 Å². The van der Waals surface area contributed by atoms with Gasteiger partial charge in [0.2, 0.25) is 5.95 Å². The molecule has 21 heavy (non-hydrogen) atoms. The second-order valence-electron chi connectivity index (χ2n) is 5.01. The first-order valence-corrected chi connectivity index (χ1v) is 7.02. The number of ether oxygens (including phenoxy) is 1. The number of pyridine rings is 1. The molecule has 1 aromatic heterocycles. The summed E-state index contributed by atoms with van der Waals surface area (Å²) in [6, 6.07) is 11.4. The lowest BCUT2D eigenvalue weighted by Gasteiger charge is -2.37. The molecule has 0 N–H and O–H groups in total. The van der Waals surface area contributed by atoms with Crippen molar-refractivity contribution in [1.29, 1.82) is 0 Å². The molecule has 0 unspecified atom stereocenters. The molecule has 4 nitrogen and oxygen atoms in total. The molecule has 0 aliphatic carbocycles. The molecular weight excluding hydrogens is 269 g/mol. The van der Waals surface area contributed by atoms with Gasteiger partial charge in [-0.2, -0.15) is 4.39 Å². The van der Waals surface area contributed by atoms with Crippen molar-refractivity contribution in [2.45, 2.75) is 0 Å². The van der Waals surface area contributed by atoms with E-state index < -0.39 is 5.95 Å². The molecule has 110 valence electrons. The number of piperazine rings is 1. The van der Waals surface area contributed by atoms with Crippen LogP contribution in [0.25, 0.3) is 0 Å². The number of benzene rings is 1. The predicted molar refractivity (Wildman–Crippen MR) is 81.6 cm³/mol. The van der Waals surface area contributed by atoms with Gasteiger partial charge in [-0.25, -0.2) is 4.98 Å². The Kier molecular flexibility index (Phi) is 3.90. The Labute approximate surface area is 123 Å². The summed E-state index contributed by atoms with van der Waals surface area (Å²) in [5.41, 5.74) is 2.06. The fourth-order valence-corrected chi connectivity index (χ4v) is 2.62. The highest BCUT2D eigenvalue weighted by atomic mass is 19.1. The average molecular weight is 287 g/mol. The summed E-state index contributed by atoms with van der Waals surface area (Å²) in [7, 11) is 1.68. The van der Waals surface area contributed by atoms with E-state index in [1.165, 1.54) is 12.3 Å². The minimum atomic E-state index is -0.428. The van der Waals surface area contributed by atoms with Crippen LogP contribution in [-0.2, 0) is 0 Å². The van der Waals surface area contributed by atoms with Crippen molar-refractivity contribution in [1.82, 2.24) is 4.98 Å². The lowest BCUT2D eigenvalue weighted by Crippen LogP contribution is -2.46. The SMILES string of the molecule is COc1cccc(N2CCN(c3ccnc(F)c3)CC2)c1. The number of hydrogen-bond acceptors (Lipinski definition) is 4. The Morgan fingerprint density at radius 3 is 2.29 bits per heavy atom. The second-order valence-corrected chi connectivity index (χ2v) is 5.01. The number of nitrogens with zero attached hydrogens (tertiary/aromatic N) is 3. The smallest absolute Gasteiger partial charge is 0.214 e. The van der Waals surface area contributed by atoms with E-state index in [1.807, 2.05) is 24.3 Å². The van der Waals surface area contributed by atoms with E-state index >= 15 is 0 Å². The summed E-state index contributed by atoms with van der Waals surface area (Å²) in [6.45, 7) is 3.52. The summed E-state index contributed by atoms with van der Waals surface area (Å²) < 4.78 is 18.4. The molecule has 0 saturated carbocycles. The van der Waals surface area contributed by atoms with Crippen molar-refractivity contribution in [2.75, 3.05) is 43.1 Å². The number of hydrogen-bond donors (Lipinski definition) is 0. The third-order valence-corrected chi connectivity index (χ3v) is 3.77. The maximum atomic E-state index is 13.2. The third-order valence-electron chi connectivity index (χ3n) is 3.77. The second kappa shape index (κ2) is 5.99. The lowest BCUT2D eigenvalue weighted by atomic mass is 10.2. The van der Waals surface area contributed by atoms with Gasteiger partial charge in [0, 0.05) is 55.9 Å². The number of aromatic nitrogens is 1. The molecule has 0 radical (unpaired) electrons. The van der Waals surface area contributed by atoms with E-state index in [2.05, 4.69) is 20.9 Å². The largest absolute Gasteiger partial charge is 0.497 e. The van der Waals surface area contributed by atoms with Crippen LogP contribution in [0, 0.1) is 5.95 Å². The van der Waals surface area contributed by atoms with E-state index in [1.54, 1.807) is 7.11 Å². The average Bonchev–Trinajstić information content (AvgIpc) is 2.55. The monoisotopic (exact) mass is 287 g/mol. The molecular formula is C16H18FN3O. The van der Waals surface area contributed by atoms with E-state index in [0.29, 0.717) is 0 Å². The highest BCUT2D eigenvalue weighted by Gasteiger charge is 2.18. The van der Waals surface area contributed by atoms with Gasteiger partial charge in [0.05, 0.1) is 7.11 Å². The summed E-state index contributed by atoms with van der Waals surface area (Å²) >= 11 is 0. The van der Waals surface area contributed by atoms with Crippen LogP contribution in [0.1, 0.15) is 0 Å². The summed E-state index contributed by atoms with van der Waals surface area (Å²) in [6.07, 6.45) is 1.51. The molecule has 3 rings (SSSR count). The van der Waals surface area contributed by atoms with Gasteiger partial charge >= 0.3 is 0 Å².